The SMILES string of the molecule is CCc1nc(C)n(Cc2cc3c(s2)C(C)(C)N(O)C3(C)C)c(=O)c1Cc1ccc(-c2ccccc2-c2nn[nH]n2)cc1. The van der Waals surface area contributed by atoms with E-state index in [0.29, 0.717) is 31.0 Å². The summed E-state index contributed by atoms with van der Waals surface area (Å²) in [6.45, 7) is 12.5. The van der Waals surface area contributed by atoms with Crippen molar-refractivity contribution in [3.05, 3.63) is 103 Å². The predicted molar refractivity (Wildman–Crippen MR) is 164 cm³/mol. The maximum Gasteiger partial charge on any atom is 0.257 e. The van der Waals surface area contributed by atoms with Gasteiger partial charge in [-0.25, -0.2) is 4.98 Å². The lowest BCUT2D eigenvalue weighted by Crippen LogP contribution is -2.42. The molecule has 4 heterocycles. The second-order valence-electron chi connectivity index (χ2n) is 11.9. The number of rotatable bonds is 7. The monoisotopic (exact) mass is 581 g/mol. The number of aryl methyl sites for hydroxylation is 2. The Labute approximate surface area is 248 Å². The summed E-state index contributed by atoms with van der Waals surface area (Å²) < 4.78 is 1.79. The minimum Gasteiger partial charge on any atom is -0.312 e. The fourth-order valence-corrected chi connectivity index (χ4v) is 7.51. The van der Waals surface area contributed by atoms with Crippen LogP contribution in [0.2, 0.25) is 0 Å². The molecule has 0 unspecified atom stereocenters. The lowest BCUT2D eigenvalue weighted by Gasteiger charge is -2.35. The average molecular weight is 582 g/mol. The molecule has 1 aliphatic rings. The standard InChI is InChI=1S/C32H35N7O2S/c1-7-27-25(16-20-12-14-21(15-13-20)23-10-8-9-11-24(23)29-34-36-37-35-29)30(40)38(19(2)33-27)18-22-17-26-28(42-22)32(5,6)39(41)31(26,3)4/h8-15,17,41H,7,16,18H2,1-6H3,(H,34,35,36,37). The van der Waals surface area contributed by atoms with Gasteiger partial charge in [0, 0.05) is 27.3 Å². The summed E-state index contributed by atoms with van der Waals surface area (Å²) in [5, 5.41) is 26.8. The maximum atomic E-state index is 14.0. The predicted octanol–water partition coefficient (Wildman–Crippen LogP) is 5.84. The van der Waals surface area contributed by atoms with Crippen LogP contribution in [0.25, 0.3) is 22.5 Å². The molecule has 216 valence electrons. The molecule has 1 aliphatic heterocycles. The van der Waals surface area contributed by atoms with Crippen LogP contribution in [0.15, 0.2) is 59.4 Å². The molecule has 42 heavy (non-hydrogen) atoms. The van der Waals surface area contributed by atoms with Gasteiger partial charge in [-0.05, 0) is 74.6 Å². The molecule has 0 saturated heterocycles. The van der Waals surface area contributed by atoms with Gasteiger partial charge in [-0.1, -0.05) is 55.5 Å². The van der Waals surface area contributed by atoms with E-state index in [1.165, 1.54) is 5.06 Å². The van der Waals surface area contributed by atoms with E-state index >= 15 is 0 Å². The normalized spacial score (nSPS) is 15.7. The summed E-state index contributed by atoms with van der Waals surface area (Å²) in [7, 11) is 0. The van der Waals surface area contributed by atoms with Crippen LogP contribution < -0.4 is 5.56 Å². The Morgan fingerprint density at radius 1 is 1.00 bits per heavy atom. The second kappa shape index (κ2) is 10.4. The van der Waals surface area contributed by atoms with E-state index < -0.39 is 11.1 Å². The first-order valence-corrected chi connectivity index (χ1v) is 15.0. The number of benzene rings is 2. The highest BCUT2D eigenvalue weighted by molar-refractivity contribution is 7.12. The van der Waals surface area contributed by atoms with Gasteiger partial charge in [0.25, 0.3) is 5.56 Å². The molecule has 0 aliphatic carbocycles. The third kappa shape index (κ3) is 4.59. The number of nitrogens with zero attached hydrogens (tertiary/aromatic N) is 6. The summed E-state index contributed by atoms with van der Waals surface area (Å²) in [5.41, 5.74) is 5.68. The van der Waals surface area contributed by atoms with Crippen LogP contribution in [0.5, 0.6) is 0 Å². The summed E-state index contributed by atoms with van der Waals surface area (Å²) in [5.74, 6) is 1.26. The van der Waals surface area contributed by atoms with Crippen molar-refractivity contribution < 1.29 is 5.21 Å². The molecular formula is C32H35N7O2S. The van der Waals surface area contributed by atoms with E-state index in [0.717, 1.165) is 48.8 Å². The number of fused-ring (bicyclic) bond motifs is 1. The first-order chi connectivity index (χ1) is 20.0. The third-order valence-corrected chi connectivity index (χ3v) is 9.84. The molecule has 3 aromatic heterocycles. The van der Waals surface area contributed by atoms with Gasteiger partial charge in [0.05, 0.1) is 23.3 Å². The number of hydrogen-bond donors (Lipinski definition) is 2. The second-order valence-corrected chi connectivity index (χ2v) is 13.0. The molecule has 0 fully saturated rings. The van der Waals surface area contributed by atoms with Crippen molar-refractivity contribution in [3.8, 4) is 22.5 Å². The zero-order valence-corrected chi connectivity index (χ0v) is 25.6. The van der Waals surface area contributed by atoms with Crippen molar-refractivity contribution in [1.82, 2.24) is 35.2 Å². The van der Waals surface area contributed by atoms with E-state index in [4.69, 9.17) is 4.98 Å². The fraction of sp³-hybridized carbons (Fsp3) is 0.344. The van der Waals surface area contributed by atoms with Crippen molar-refractivity contribution in [2.45, 2.75) is 72.0 Å². The van der Waals surface area contributed by atoms with Crippen molar-refractivity contribution >= 4 is 11.3 Å². The Bertz CT molecular complexity index is 1790. The first kappa shape index (κ1) is 28.1. The zero-order valence-electron chi connectivity index (χ0n) is 24.8. The number of hydrogen-bond acceptors (Lipinski definition) is 8. The van der Waals surface area contributed by atoms with Crippen LogP contribution in [0.1, 0.15) is 72.6 Å². The lowest BCUT2D eigenvalue weighted by atomic mass is 9.96. The van der Waals surface area contributed by atoms with Crippen LogP contribution in [-0.4, -0.2) is 40.4 Å². The Hall–Kier alpha value is -3.99. The quantitative estimate of drug-likeness (QED) is 0.248. The minimum atomic E-state index is -0.499. The van der Waals surface area contributed by atoms with E-state index in [2.05, 4.69) is 51.0 Å². The third-order valence-electron chi connectivity index (χ3n) is 8.40. The summed E-state index contributed by atoms with van der Waals surface area (Å²) in [4.78, 5) is 21.1. The van der Waals surface area contributed by atoms with Crippen LogP contribution in [0.3, 0.4) is 0 Å². The summed E-state index contributed by atoms with van der Waals surface area (Å²) in [6.07, 6.45) is 1.19. The molecule has 10 heteroatoms. The van der Waals surface area contributed by atoms with E-state index in [1.54, 1.807) is 15.9 Å². The molecule has 0 radical (unpaired) electrons. The molecule has 0 spiro atoms. The van der Waals surface area contributed by atoms with Gasteiger partial charge in [-0.2, -0.15) is 10.3 Å². The molecular weight excluding hydrogens is 546 g/mol. The van der Waals surface area contributed by atoms with Crippen molar-refractivity contribution in [1.29, 1.82) is 0 Å². The van der Waals surface area contributed by atoms with Crippen molar-refractivity contribution in [3.63, 3.8) is 0 Å². The van der Waals surface area contributed by atoms with Crippen LogP contribution >= 0.6 is 11.3 Å². The Morgan fingerprint density at radius 2 is 1.71 bits per heavy atom. The summed E-state index contributed by atoms with van der Waals surface area (Å²) in [6, 6.07) is 18.4. The van der Waals surface area contributed by atoms with Crippen LogP contribution in [-0.2, 0) is 30.5 Å². The number of aromatic nitrogens is 6. The van der Waals surface area contributed by atoms with Gasteiger partial charge in [0.15, 0.2) is 0 Å². The number of tetrazole rings is 1. The maximum absolute atomic E-state index is 14.0. The average Bonchev–Trinajstić information content (AvgIpc) is 3.70. The van der Waals surface area contributed by atoms with E-state index in [-0.39, 0.29) is 5.56 Å². The number of hydroxylamine groups is 2. The first-order valence-electron chi connectivity index (χ1n) is 14.2. The van der Waals surface area contributed by atoms with E-state index in [9.17, 15) is 10.0 Å². The molecule has 2 N–H and O–H groups in total. The lowest BCUT2D eigenvalue weighted by molar-refractivity contribution is -0.215. The molecule has 6 rings (SSSR count). The van der Waals surface area contributed by atoms with Gasteiger partial charge in [0.1, 0.15) is 5.82 Å². The molecule has 2 aromatic carbocycles. The van der Waals surface area contributed by atoms with Crippen molar-refractivity contribution in [2.75, 3.05) is 0 Å². The Morgan fingerprint density at radius 3 is 2.36 bits per heavy atom. The number of aromatic amines is 1. The van der Waals surface area contributed by atoms with Gasteiger partial charge < -0.3 is 5.21 Å². The fourth-order valence-electron chi connectivity index (χ4n) is 6.12. The van der Waals surface area contributed by atoms with Crippen LogP contribution in [0.4, 0.5) is 0 Å². The summed E-state index contributed by atoms with van der Waals surface area (Å²) >= 11 is 1.66. The largest absolute Gasteiger partial charge is 0.312 e. The minimum absolute atomic E-state index is 0.00161. The van der Waals surface area contributed by atoms with E-state index in [1.807, 2.05) is 65.8 Å². The van der Waals surface area contributed by atoms with Gasteiger partial charge in [0.2, 0.25) is 5.82 Å². The molecule has 5 aromatic rings. The van der Waals surface area contributed by atoms with Gasteiger partial charge in [-0.3, -0.25) is 9.36 Å². The smallest absolute Gasteiger partial charge is 0.257 e. The number of nitrogens with one attached hydrogen (secondary N) is 1. The topological polar surface area (TPSA) is 113 Å². The van der Waals surface area contributed by atoms with Crippen molar-refractivity contribution in [2.24, 2.45) is 0 Å². The highest BCUT2D eigenvalue weighted by Gasteiger charge is 2.50. The molecule has 0 bridgehead atoms. The molecule has 0 amide bonds. The number of H-pyrrole nitrogens is 1. The van der Waals surface area contributed by atoms with Crippen LogP contribution in [0, 0.1) is 6.92 Å². The highest BCUT2D eigenvalue weighted by atomic mass is 32.1. The van der Waals surface area contributed by atoms with Gasteiger partial charge >= 0.3 is 0 Å². The molecule has 0 saturated carbocycles. The Kier molecular flexibility index (Phi) is 6.95. The zero-order chi connectivity index (χ0) is 29.8. The molecule has 0 atom stereocenters. The molecule has 9 nitrogen and oxygen atoms in total. The number of thiophene rings is 1. The van der Waals surface area contributed by atoms with Gasteiger partial charge in [-0.15, -0.1) is 21.5 Å². The Balaban J connectivity index is 1.31. The highest BCUT2D eigenvalue weighted by Crippen LogP contribution is 2.51.